The van der Waals surface area contributed by atoms with Gasteiger partial charge in [0.2, 0.25) is 0 Å². The summed E-state index contributed by atoms with van der Waals surface area (Å²) in [5.41, 5.74) is 0.991. The molecule has 31 heavy (non-hydrogen) atoms. The van der Waals surface area contributed by atoms with Gasteiger partial charge in [-0.05, 0) is 37.1 Å². The predicted molar refractivity (Wildman–Crippen MR) is 108 cm³/mol. The van der Waals surface area contributed by atoms with E-state index in [-0.39, 0.29) is 5.56 Å². The van der Waals surface area contributed by atoms with E-state index in [4.69, 9.17) is 5.21 Å². The normalized spacial score (nSPS) is 13.2. The third-order valence-corrected chi connectivity index (χ3v) is 4.91. The maximum absolute atomic E-state index is 13.8. The number of benzene rings is 1. The summed E-state index contributed by atoms with van der Waals surface area (Å²) in [6, 6.07) is 2.88. The molecule has 0 bridgehead atoms. The standard InChI is InChI=1S/C19H19F2N5O4S/c1-19(17(20)21,25-18(29)22-2)14(16(28)26-30)24-15(27)12-6-3-11(4-7-12)5-8-13-9-23-10-31-13/h3-4,6-7,9-10,14,17,30H,1-2H3,(H,24,27)(H,26,28)(H2,22,25,29)/t14-,19?/m1/s1. The molecule has 0 aliphatic heterocycles. The van der Waals surface area contributed by atoms with E-state index >= 15 is 0 Å². The Labute approximate surface area is 180 Å². The first kappa shape index (κ1) is 23.7. The second-order valence-electron chi connectivity index (χ2n) is 6.36. The van der Waals surface area contributed by atoms with E-state index < -0.39 is 35.9 Å². The summed E-state index contributed by atoms with van der Waals surface area (Å²) in [6.45, 7) is 0.866. The highest BCUT2D eigenvalue weighted by molar-refractivity contribution is 7.10. The van der Waals surface area contributed by atoms with Crippen LogP contribution in [0, 0.1) is 11.8 Å². The Morgan fingerprint density at radius 1 is 1.19 bits per heavy atom. The molecular weight excluding hydrogens is 432 g/mol. The monoisotopic (exact) mass is 451 g/mol. The first-order chi connectivity index (χ1) is 14.7. The maximum atomic E-state index is 13.8. The van der Waals surface area contributed by atoms with E-state index in [9.17, 15) is 23.2 Å². The molecule has 1 heterocycles. The van der Waals surface area contributed by atoms with Crippen LogP contribution in [0.25, 0.3) is 0 Å². The second-order valence-corrected chi connectivity index (χ2v) is 7.25. The minimum Gasteiger partial charge on any atom is -0.341 e. The van der Waals surface area contributed by atoms with Crippen LogP contribution < -0.4 is 21.4 Å². The lowest BCUT2D eigenvalue weighted by Crippen LogP contribution is -2.69. The van der Waals surface area contributed by atoms with Crippen molar-refractivity contribution in [1.29, 1.82) is 0 Å². The van der Waals surface area contributed by atoms with Crippen LogP contribution in [0.15, 0.2) is 36.0 Å². The van der Waals surface area contributed by atoms with Crippen LogP contribution in [0.5, 0.6) is 0 Å². The molecule has 164 valence electrons. The van der Waals surface area contributed by atoms with Gasteiger partial charge in [-0.1, -0.05) is 5.92 Å². The zero-order valence-corrected chi connectivity index (χ0v) is 17.2. The summed E-state index contributed by atoms with van der Waals surface area (Å²) in [5.74, 6) is 3.57. The van der Waals surface area contributed by atoms with Gasteiger partial charge in [0.05, 0.1) is 16.6 Å². The Morgan fingerprint density at radius 3 is 2.39 bits per heavy atom. The molecule has 1 aromatic carbocycles. The number of alkyl halides is 2. The van der Waals surface area contributed by atoms with Crippen molar-refractivity contribution in [2.24, 2.45) is 0 Å². The Morgan fingerprint density at radius 2 is 1.87 bits per heavy atom. The molecule has 0 radical (unpaired) electrons. The number of urea groups is 1. The number of nitrogens with one attached hydrogen (secondary N) is 4. The minimum absolute atomic E-state index is 0.0515. The van der Waals surface area contributed by atoms with Gasteiger partial charge in [-0.3, -0.25) is 19.8 Å². The van der Waals surface area contributed by atoms with Crippen molar-refractivity contribution in [3.8, 4) is 11.8 Å². The maximum Gasteiger partial charge on any atom is 0.315 e. The first-order valence-electron chi connectivity index (χ1n) is 8.74. The number of amides is 4. The van der Waals surface area contributed by atoms with Gasteiger partial charge >= 0.3 is 6.03 Å². The highest BCUT2D eigenvalue weighted by atomic mass is 32.1. The number of hydrogen-bond donors (Lipinski definition) is 5. The fourth-order valence-electron chi connectivity index (χ4n) is 2.44. The first-order valence-corrected chi connectivity index (χ1v) is 9.62. The van der Waals surface area contributed by atoms with Gasteiger partial charge in [0.15, 0.2) is 0 Å². The predicted octanol–water partition coefficient (Wildman–Crippen LogP) is 1.10. The van der Waals surface area contributed by atoms with Crippen molar-refractivity contribution >= 4 is 29.2 Å². The summed E-state index contributed by atoms with van der Waals surface area (Å²) >= 11 is 1.37. The van der Waals surface area contributed by atoms with Crippen LogP contribution in [-0.4, -0.2) is 53.1 Å². The number of hydroxylamine groups is 1. The van der Waals surface area contributed by atoms with Crippen molar-refractivity contribution in [1.82, 2.24) is 26.4 Å². The summed E-state index contributed by atoms with van der Waals surface area (Å²) in [5, 5.41) is 15.1. The van der Waals surface area contributed by atoms with Gasteiger partial charge in [-0.15, -0.1) is 11.3 Å². The molecule has 1 aromatic heterocycles. The minimum atomic E-state index is -3.27. The number of hydrogen-bond acceptors (Lipinski definition) is 6. The Kier molecular flexibility index (Phi) is 8.00. The fraction of sp³-hybridized carbons (Fsp3) is 0.263. The highest BCUT2D eigenvalue weighted by Crippen LogP contribution is 2.21. The van der Waals surface area contributed by atoms with E-state index in [1.54, 1.807) is 23.8 Å². The quantitative estimate of drug-likeness (QED) is 0.255. The lowest BCUT2D eigenvalue weighted by molar-refractivity contribution is -0.135. The number of rotatable bonds is 6. The molecule has 2 atom stereocenters. The van der Waals surface area contributed by atoms with Gasteiger partial charge < -0.3 is 16.0 Å². The molecule has 2 rings (SSSR count). The fourth-order valence-corrected chi connectivity index (χ4v) is 2.91. The number of aromatic nitrogens is 1. The number of carbonyl (C=O) groups excluding carboxylic acids is 3. The third kappa shape index (κ3) is 5.97. The van der Waals surface area contributed by atoms with Crippen molar-refractivity contribution in [3.63, 3.8) is 0 Å². The van der Waals surface area contributed by atoms with Gasteiger partial charge in [0, 0.05) is 18.2 Å². The number of nitrogens with zero attached hydrogens (tertiary/aromatic N) is 1. The lowest BCUT2D eigenvalue weighted by atomic mass is 9.91. The van der Waals surface area contributed by atoms with E-state index in [0.29, 0.717) is 5.56 Å². The molecule has 1 unspecified atom stereocenters. The summed E-state index contributed by atoms with van der Waals surface area (Å²) in [6.07, 6.45) is -1.66. The van der Waals surface area contributed by atoms with E-state index in [1.807, 2.05) is 5.32 Å². The summed E-state index contributed by atoms with van der Waals surface area (Å²) in [7, 11) is 1.19. The Bertz CT molecular complexity index is 989. The molecule has 0 spiro atoms. The van der Waals surface area contributed by atoms with Crippen LogP contribution in [-0.2, 0) is 4.79 Å². The average Bonchev–Trinajstić information content (AvgIpc) is 3.29. The van der Waals surface area contributed by atoms with Crippen molar-refractivity contribution in [2.45, 2.75) is 24.9 Å². The summed E-state index contributed by atoms with van der Waals surface area (Å²) in [4.78, 5) is 40.9. The van der Waals surface area contributed by atoms with Crippen molar-refractivity contribution in [2.75, 3.05) is 7.05 Å². The zero-order chi connectivity index (χ0) is 23.0. The van der Waals surface area contributed by atoms with Gasteiger partial charge in [-0.2, -0.15) is 0 Å². The van der Waals surface area contributed by atoms with E-state index in [2.05, 4.69) is 27.5 Å². The topological polar surface area (TPSA) is 132 Å². The molecule has 0 aliphatic carbocycles. The van der Waals surface area contributed by atoms with E-state index in [1.165, 1.54) is 36.0 Å². The molecule has 0 saturated carbocycles. The third-order valence-electron chi connectivity index (χ3n) is 4.22. The number of halogens is 2. The Hall–Kier alpha value is -3.56. The lowest BCUT2D eigenvalue weighted by Gasteiger charge is -2.36. The average molecular weight is 451 g/mol. The molecule has 9 nitrogen and oxygen atoms in total. The largest absolute Gasteiger partial charge is 0.341 e. The van der Waals surface area contributed by atoms with Crippen LogP contribution in [0.4, 0.5) is 13.6 Å². The molecule has 5 N–H and O–H groups in total. The molecule has 4 amide bonds. The summed E-state index contributed by atoms with van der Waals surface area (Å²) < 4.78 is 27.5. The van der Waals surface area contributed by atoms with Crippen molar-refractivity contribution in [3.05, 3.63) is 52.0 Å². The van der Waals surface area contributed by atoms with Crippen LogP contribution >= 0.6 is 11.3 Å². The molecule has 2 aromatic rings. The smallest absolute Gasteiger partial charge is 0.315 e. The second kappa shape index (κ2) is 10.5. The number of carbonyl (C=O) groups is 3. The van der Waals surface area contributed by atoms with Crippen LogP contribution in [0.3, 0.4) is 0 Å². The van der Waals surface area contributed by atoms with Crippen LogP contribution in [0.1, 0.15) is 27.7 Å². The number of thiazole rings is 1. The van der Waals surface area contributed by atoms with Gasteiger partial charge in [0.25, 0.3) is 18.2 Å². The molecular formula is C19H19F2N5O4S. The zero-order valence-electron chi connectivity index (χ0n) is 16.4. The van der Waals surface area contributed by atoms with Gasteiger partial charge in [-0.25, -0.2) is 19.1 Å². The Balaban J connectivity index is 2.23. The van der Waals surface area contributed by atoms with Gasteiger partial charge in [0.1, 0.15) is 11.6 Å². The van der Waals surface area contributed by atoms with Crippen LogP contribution in [0.2, 0.25) is 0 Å². The van der Waals surface area contributed by atoms with Crippen molar-refractivity contribution < 1.29 is 28.4 Å². The highest BCUT2D eigenvalue weighted by Gasteiger charge is 2.48. The van der Waals surface area contributed by atoms with E-state index in [0.717, 1.165) is 11.8 Å². The molecule has 12 heteroatoms. The SMILES string of the molecule is CNC(=O)NC(C)(C(F)F)[C@H](NC(=O)c1ccc(C#Cc2cncs2)cc1)C(=O)NO. The molecule has 0 saturated heterocycles. The molecule has 0 aliphatic rings. The molecule has 0 fully saturated rings.